The second kappa shape index (κ2) is 10.6. The molecule has 3 heteroatoms. The van der Waals surface area contributed by atoms with Crippen molar-refractivity contribution in [3.05, 3.63) is 0 Å². The molecule has 0 aliphatic carbocycles. The molecule has 0 aliphatic rings. The van der Waals surface area contributed by atoms with E-state index in [1.807, 2.05) is 0 Å². The molecule has 0 bridgehead atoms. The van der Waals surface area contributed by atoms with Crippen LogP contribution in [-0.2, 0) is 4.74 Å². The Kier molecular flexibility index (Phi) is 10.6. The van der Waals surface area contributed by atoms with Crippen LogP contribution in [0.4, 0.5) is 0 Å². The first-order chi connectivity index (χ1) is 8.97. The Morgan fingerprint density at radius 1 is 1.21 bits per heavy atom. The largest absolute Gasteiger partial charge is 0.380 e. The molecule has 3 nitrogen and oxygen atoms in total. The van der Waals surface area contributed by atoms with Crippen molar-refractivity contribution in [1.82, 2.24) is 10.2 Å². The van der Waals surface area contributed by atoms with E-state index in [1.54, 1.807) is 0 Å². The lowest BCUT2D eigenvalue weighted by molar-refractivity contribution is 0.0892. The molecule has 19 heavy (non-hydrogen) atoms. The van der Waals surface area contributed by atoms with Gasteiger partial charge in [-0.15, -0.1) is 0 Å². The second-order valence-corrected chi connectivity index (χ2v) is 6.16. The van der Waals surface area contributed by atoms with E-state index in [4.69, 9.17) is 4.74 Å². The molecule has 0 aliphatic heterocycles. The van der Waals surface area contributed by atoms with Gasteiger partial charge in [-0.1, -0.05) is 41.0 Å². The van der Waals surface area contributed by atoms with Gasteiger partial charge in [-0.25, -0.2) is 0 Å². The Bertz CT molecular complexity index is 209. The van der Waals surface area contributed by atoms with Crippen molar-refractivity contribution >= 4 is 0 Å². The summed E-state index contributed by atoms with van der Waals surface area (Å²) in [5, 5.41) is 3.61. The van der Waals surface area contributed by atoms with Crippen LogP contribution in [0.2, 0.25) is 0 Å². The quantitative estimate of drug-likeness (QED) is 0.552. The Morgan fingerprint density at radius 2 is 1.89 bits per heavy atom. The Morgan fingerprint density at radius 3 is 2.37 bits per heavy atom. The Labute approximate surface area is 121 Å². The average molecular weight is 272 g/mol. The van der Waals surface area contributed by atoms with E-state index in [9.17, 15) is 0 Å². The van der Waals surface area contributed by atoms with Gasteiger partial charge in [-0.05, 0) is 25.3 Å². The van der Waals surface area contributed by atoms with Gasteiger partial charge in [0.05, 0.1) is 6.61 Å². The number of nitrogens with one attached hydrogen (secondary N) is 1. The van der Waals surface area contributed by atoms with Crippen molar-refractivity contribution in [2.75, 3.05) is 39.4 Å². The first kappa shape index (κ1) is 18.9. The van der Waals surface area contributed by atoms with E-state index >= 15 is 0 Å². The van der Waals surface area contributed by atoms with Gasteiger partial charge >= 0.3 is 0 Å². The minimum Gasteiger partial charge on any atom is -0.380 e. The van der Waals surface area contributed by atoms with E-state index in [2.05, 4.69) is 51.8 Å². The molecule has 1 unspecified atom stereocenters. The van der Waals surface area contributed by atoms with E-state index in [0.29, 0.717) is 11.5 Å². The summed E-state index contributed by atoms with van der Waals surface area (Å²) >= 11 is 0. The van der Waals surface area contributed by atoms with Crippen molar-refractivity contribution in [2.45, 2.75) is 60.4 Å². The van der Waals surface area contributed by atoms with Crippen molar-refractivity contribution < 1.29 is 4.74 Å². The van der Waals surface area contributed by atoms with Gasteiger partial charge in [-0.3, -0.25) is 0 Å². The predicted molar refractivity (Wildman–Crippen MR) is 84.8 cm³/mol. The van der Waals surface area contributed by atoms with Gasteiger partial charge in [0.15, 0.2) is 0 Å². The number of hydrogen-bond donors (Lipinski definition) is 1. The van der Waals surface area contributed by atoms with Crippen molar-refractivity contribution in [1.29, 1.82) is 0 Å². The van der Waals surface area contributed by atoms with Gasteiger partial charge < -0.3 is 15.0 Å². The van der Waals surface area contributed by atoms with Crippen LogP contribution in [0.5, 0.6) is 0 Å². The Balaban J connectivity index is 4.32. The lowest BCUT2D eigenvalue weighted by atomic mass is 9.84. The molecule has 0 rings (SSSR count). The maximum Gasteiger partial charge on any atom is 0.0593 e. The highest BCUT2D eigenvalue weighted by Crippen LogP contribution is 2.24. The summed E-state index contributed by atoms with van der Waals surface area (Å²) in [7, 11) is 0. The molecule has 116 valence electrons. The zero-order valence-corrected chi connectivity index (χ0v) is 14.1. The zero-order chi connectivity index (χ0) is 14.7. The minimum absolute atomic E-state index is 0.362. The fourth-order valence-electron chi connectivity index (χ4n) is 2.50. The zero-order valence-electron chi connectivity index (χ0n) is 14.1. The fraction of sp³-hybridized carbons (Fsp3) is 1.00. The first-order valence-electron chi connectivity index (χ1n) is 8.00. The third-order valence-corrected chi connectivity index (χ3v) is 3.60. The molecular formula is C16H36N2O. The molecule has 0 heterocycles. The topological polar surface area (TPSA) is 24.5 Å². The van der Waals surface area contributed by atoms with Crippen LogP contribution < -0.4 is 5.32 Å². The molecule has 0 amide bonds. The first-order valence-corrected chi connectivity index (χ1v) is 8.00. The highest BCUT2D eigenvalue weighted by Gasteiger charge is 2.25. The number of nitrogens with zero attached hydrogens (tertiary/aromatic N) is 1. The molecule has 0 aromatic rings. The number of rotatable bonds is 12. The molecule has 1 N–H and O–H groups in total. The van der Waals surface area contributed by atoms with Crippen LogP contribution in [0.15, 0.2) is 0 Å². The third-order valence-electron chi connectivity index (χ3n) is 3.60. The molecule has 0 aromatic carbocycles. The molecular weight excluding hydrogens is 236 g/mol. The van der Waals surface area contributed by atoms with Crippen LogP contribution in [0, 0.1) is 5.41 Å². The lowest BCUT2D eigenvalue weighted by Crippen LogP contribution is -2.44. The van der Waals surface area contributed by atoms with Crippen LogP contribution >= 0.6 is 0 Å². The smallest absolute Gasteiger partial charge is 0.0593 e. The van der Waals surface area contributed by atoms with E-state index in [0.717, 1.165) is 39.4 Å². The maximum atomic E-state index is 5.48. The summed E-state index contributed by atoms with van der Waals surface area (Å²) in [6, 6.07) is 0.565. The average Bonchev–Trinajstić information content (AvgIpc) is 2.36. The summed E-state index contributed by atoms with van der Waals surface area (Å²) in [6.07, 6.45) is 2.52. The fourth-order valence-corrected chi connectivity index (χ4v) is 2.50. The lowest BCUT2D eigenvalue weighted by Gasteiger charge is -2.36. The van der Waals surface area contributed by atoms with Crippen molar-refractivity contribution in [3.63, 3.8) is 0 Å². The summed E-state index contributed by atoms with van der Waals surface area (Å²) in [4.78, 5) is 2.52. The molecule has 0 saturated heterocycles. The molecule has 0 saturated carbocycles. The Hall–Kier alpha value is -0.120. The normalized spacial score (nSPS) is 15.2. The number of hydrogen-bond acceptors (Lipinski definition) is 3. The summed E-state index contributed by atoms with van der Waals surface area (Å²) < 4.78 is 5.48. The number of ether oxygens (including phenoxy) is 1. The van der Waals surface area contributed by atoms with Crippen LogP contribution in [-0.4, -0.2) is 50.3 Å². The van der Waals surface area contributed by atoms with Gasteiger partial charge in [-0.2, -0.15) is 0 Å². The van der Waals surface area contributed by atoms with Crippen molar-refractivity contribution in [3.8, 4) is 0 Å². The van der Waals surface area contributed by atoms with E-state index < -0.39 is 0 Å². The van der Waals surface area contributed by atoms with Crippen LogP contribution in [0.25, 0.3) is 0 Å². The highest BCUT2D eigenvalue weighted by molar-refractivity contribution is 4.81. The van der Waals surface area contributed by atoms with E-state index in [1.165, 1.54) is 12.8 Å². The summed E-state index contributed by atoms with van der Waals surface area (Å²) in [5.41, 5.74) is 0.362. The standard InChI is InChI=1S/C16H36N2O/c1-7-10-16(6,13-17-15(4)5)14-18(8-2)11-12-19-9-3/h15,17H,7-14H2,1-6H3. The summed E-state index contributed by atoms with van der Waals surface area (Å²) in [6.45, 7) is 19.5. The van der Waals surface area contributed by atoms with Gasteiger partial charge in [0.25, 0.3) is 0 Å². The highest BCUT2D eigenvalue weighted by atomic mass is 16.5. The third kappa shape index (κ3) is 9.42. The molecule has 0 spiro atoms. The monoisotopic (exact) mass is 272 g/mol. The molecule has 0 fully saturated rings. The van der Waals surface area contributed by atoms with Gasteiger partial charge in [0.1, 0.15) is 0 Å². The second-order valence-electron chi connectivity index (χ2n) is 6.16. The molecule has 0 aromatic heterocycles. The number of likely N-dealkylation sites (N-methyl/N-ethyl adjacent to an activating group) is 1. The molecule has 0 radical (unpaired) electrons. The van der Waals surface area contributed by atoms with Gasteiger partial charge in [0, 0.05) is 32.3 Å². The molecule has 1 atom stereocenters. The van der Waals surface area contributed by atoms with Crippen LogP contribution in [0.1, 0.15) is 54.4 Å². The van der Waals surface area contributed by atoms with E-state index in [-0.39, 0.29) is 0 Å². The van der Waals surface area contributed by atoms with Crippen LogP contribution in [0.3, 0.4) is 0 Å². The predicted octanol–water partition coefficient (Wildman–Crippen LogP) is 3.15. The van der Waals surface area contributed by atoms with Gasteiger partial charge in [0.2, 0.25) is 0 Å². The minimum atomic E-state index is 0.362. The maximum absolute atomic E-state index is 5.48. The van der Waals surface area contributed by atoms with Crippen molar-refractivity contribution in [2.24, 2.45) is 5.41 Å². The summed E-state index contributed by atoms with van der Waals surface area (Å²) in [5.74, 6) is 0. The SMILES string of the molecule is CCCC(C)(CNC(C)C)CN(CC)CCOCC.